The molecule has 0 saturated carbocycles. The lowest BCUT2D eigenvalue weighted by Gasteiger charge is -2.23. The summed E-state index contributed by atoms with van der Waals surface area (Å²) in [5.74, 6) is 0.381. The van der Waals surface area contributed by atoms with Crippen molar-refractivity contribution in [1.82, 2.24) is 0 Å². The van der Waals surface area contributed by atoms with Crippen LogP contribution in [0.25, 0.3) is 0 Å². The van der Waals surface area contributed by atoms with E-state index in [0.29, 0.717) is 5.56 Å². The van der Waals surface area contributed by atoms with Gasteiger partial charge in [-0.3, -0.25) is 4.79 Å². The van der Waals surface area contributed by atoms with Crippen molar-refractivity contribution in [1.29, 1.82) is 0 Å². The maximum atomic E-state index is 11.9. The Morgan fingerprint density at radius 3 is 2.50 bits per heavy atom. The number of hydrogen-bond acceptors (Lipinski definition) is 4. The largest absolute Gasteiger partial charge is 0.496 e. The molecule has 0 aromatic heterocycles. The summed E-state index contributed by atoms with van der Waals surface area (Å²) < 4.78 is 5.29. The summed E-state index contributed by atoms with van der Waals surface area (Å²) in [6.07, 6.45) is -1.15. The Morgan fingerprint density at radius 2 is 2.06 bits per heavy atom. The first-order chi connectivity index (χ1) is 8.31. The molecule has 0 fully saturated rings. The van der Waals surface area contributed by atoms with E-state index in [1.165, 1.54) is 0 Å². The van der Waals surface area contributed by atoms with Crippen LogP contribution >= 0.6 is 0 Å². The number of carbonyl (C=O) groups is 1. The van der Waals surface area contributed by atoms with Gasteiger partial charge in [-0.1, -0.05) is 20.8 Å². The Labute approximate surface area is 108 Å². The lowest BCUT2D eigenvalue weighted by atomic mass is 9.84. The zero-order valence-electron chi connectivity index (χ0n) is 11.4. The van der Waals surface area contributed by atoms with Gasteiger partial charge >= 0.3 is 0 Å². The predicted molar refractivity (Wildman–Crippen MR) is 71.1 cm³/mol. The summed E-state index contributed by atoms with van der Waals surface area (Å²) in [5.41, 5.74) is 6.54. The average Bonchev–Trinajstić information content (AvgIpc) is 2.35. The molecule has 1 aromatic carbocycles. The van der Waals surface area contributed by atoms with Gasteiger partial charge in [0.1, 0.15) is 11.9 Å². The average molecular weight is 251 g/mol. The quantitative estimate of drug-likeness (QED) is 0.795. The van der Waals surface area contributed by atoms with Gasteiger partial charge in [0.15, 0.2) is 5.78 Å². The van der Waals surface area contributed by atoms with Gasteiger partial charge in [-0.15, -0.1) is 0 Å². The van der Waals surface area contributed by atoms with Crippen molar-refractivity contribution in [2.45, 2.75) is 32.3 Å². The number of aliphatic hydroxyl groups excluding tert-OH is 1. The van der Waals surface area contributed by atoms with Gasteiger partial charge in [-0.2, -0.15) is 0 Å². The fourth-order valence-electron chi connectivity index (χ4n) is 1.75. The second kappa shape index (κ2) is 5.50. The van der Waals surface area contributed by atoms with Crippen LogP contribution in [0.1, 0.15) is 36.7 Å². The molecule has 18 heavy (non-hydrogen) atoms. The number of methoxy groups -OCH3 is 1. The van der Waals surface area contributed by atoms with Gasteiger partial charge in [0.05, 0.1) is 7.11 Å². The minimum Gasteiger partial charge on any atom is -0.496 e. The number of nitrogens with two attached hydrogens (primary N) is 1. The third-order valence-corrected chi connectivity index (χ3v) is 2.82. The molecule has 0 amide bonds. The van der Waals surface area contributed by atoms with Crippen molar-refractivity contribution >= 4 is 5.78 Å². The summed E-state index contributed by atoms with van der Waals surface area (Å²) in [6.45, 7) is 6.05. The molecule has 1 atom stereocenters. The highest BCUT2D eigenvalue weighted by Gasteiger charge is 2.22. The molecule has 4 nitrogen and oxygen atoms in total. The molecule has 0 aliphatic carbocycles. The van der Waals surface area contributed by atoms with Gasteiger partial charge < -0.3 is 15.6 Å². The highest BCUT2D eigenvalue weighted by molar-refractivity contribution is 5.99. The van der Waals surface area contributed by atoms with Crippen molar-refractivity contribution in [2.24, 2.45) is 5.73 Å². The summed E-state index contributed by atoms with van der Waals surface area (Å²) in [4.78, 5) is 11.9. The van der Waals surface area contributed by atoms with E-state index in [0.717, 1.165) is 11.3 Å². The topological polar surface area (TPSA) is 72.5 Å². The van der Waals surface area contributed by atoms with Crippen LogP contribution in [0.4, 0.5) is 0 Å². The van der Waals surface area contributed by atoms with Crippen molar-refractivity contribution in [3.63, 3.8) is 0 Å². The fourth-order valence-corrected chi connectivity index (χ4v) is 1.75. The monoisotopic (exact) mass is 251 g/mol. The number of aliphatic hydroxyl groups is 1. The van der Waals surface area contributed by atoms with Crippen molar-refractivity contribution in [2.75, 3.05) is 13.7 Å². The number of carbonyl (C=O) groups excluding carboxylic acids is 1. The molecular formula is C14H21NO3. The third kappa shape index (κ3) is 3.09. The molecule has 0 saturated heterocycles. The van der Waals surface area contributed by atoms with E-state index in [-0.39, 0.29) is 17.7 Å². The minimum atomic E-state index is -1.15. The van der Waals surface area contributed by atoms with Crippen LogP contribution < -0.4 is 10.5 Å². The summed E-state index contributed by atoms with van der Waals surface area (Å²) in [6, 6.07) is 5.16. The number of ketones is 1. The lowest BCUT2D eigenvalue weighted by Crippen LogP contribution is -2.29. The van der Waals surface area contributed by atoms with Gasteiger partial charge in [-0.25, -0.2) is 0 Å². The number of rotatable bonds is 4. The predicted octanol–water partition coefficient (Wildman–Crippen LogP) is 1.49. The molecule has 100 valence electrons. The molecular weight excluding hydrogens is 230 g/mol. The number of benzene rings is 1. The molecule has 1 rings (SSSR count). The Kier molecular flexibility index (Phi) is 4.48. The van der Waals surface area contributed by atoms with Crippen LogP contribution in [0, 0.1) is 0 Å². The van der Waals surface area contributed by atoms with Crippen LogP contribution in [-0.4, -0.2) is 30.6 Å². The van der Waals surface area contributed by atoms with E-state index in [4.69, 9.17) is 10.5 Å². The Balaban J connectivity index is 3.23. The zero-order chi connectivity index (χ0) is 13.9. The Morgan fingerprint density at radius 1 is 1.44 bits per heavy atom. The van der Waals surface area contributed by atoms with Crippen LogP contribution in [0.5, 0.6) is 5.75 Å². The normalized spacial score (nSPS) is 13.2. The van der Waals surface area contributed by atoms with Crippen LogP contribution in [0.15, 0.2) is 18.2 Å². The van der Waals surface area contributed by atoms with Crippen LogP contribution in [-0.2, 0) is 5.41 Å². The summed E-state index contributed by atoms with van der Waals surface area (Å²) >= 11 is 0. The second-order valence-corrected chi connectivity index (χ2v) is 5.28. The van der Waals surface area contributed by atoms with Gasteiger partial charge in [0.25, 0.3) is 0 Å². The number of Topliss-reactive ketones (excluding diaryl/α,β-unsaturated/α-hetero) is 1. The first-order valence-electron chi connectivity index (χ1n) is 5.92. The van der Waals surface area contributed by atoms with E-state index in [1.54, 1.807) is 25.3 Å². The molecule has 4 heteroatoms. The van der Waals surface area contributed by atoms with Crippen molar-refractivity contribution in [3.05, 3.63) is 29.3 Å². The fraction of sp³-hybridized carbons (Fsp3) is 0.500. The third-order valence-electron chi connectivity index (χ3n) is 2.82. The number of ether oxygens (including phenoxy) is 1. The minimum absolute atomic E-state index is 0.0737. The standard InChI is InChI=1S/C14H21NO3/c1-14(2,3)10-7-9(5-6-12(10)18-4)13(17)11(16)8-15/h5-7,11,16H,8,15H2,1-4H3. The molecule has 0 heterocycles. The van der Waals surface area contributed by atoms with E-state index < -0.39 is 6.10 Å². The Hall–Kier alpha value is -1.39. The van der Waals surface area contributed by atoms with Crippen molar-refractivity contribution in [3.8, 4) is 5.75 Å². The van der Waals surface area contributed by atoms with E-state index in [9.17, 15) is 9.90 Å². The van der Waals surface area contributed by atoms with Gasteiger partial charge in [0, 0.05) is 17.7 Å². The van der Waals surface area contributed by atoms with E-state index in [1.807, 2.05) is 20.8 Å². The SMILES string of the molecule is COc1ccc(C(=O)C(O)CN)cc1C(C)(C)C. The number of hydrogen-bond donors (Lipinski definition) is 2. The lowest BCUT2D eigenvalue weighted by molar-refractivity contribution is 0.0763. The summed E-state index contributed by atoms with van der Waals surface area (Å²) in [7, 11) is 1.60. The second-order valence-electron chi connectivity index (χ2n) is 5.28. The van der Waals surface area contributed by atoms with E-state index in [2.05, 4.69) is 0 Å². The van der Waals surface area contributed by atoms with Gasteiger partial charge in [0.2, 0.25) is 0 Å². The molecule has 1 aromatic rings. The molecule has 0 spiro atoms. The molecule has 3 N–H and O–H groups in total. The zero-order valence-corrected chi connectivity index (χ0v) is 11.4. The molecule has 0 bridgehead atoms. The summed E-state index contributed by atoms with van der Waals surface area (Å²) in [5, 5.41) is 9.49. The highest BCUT2D eigenvalue weighted by Crippen LogP contribution is 2.32. The Bertz CT molecular complexity index is 435. The maximum Gasteiger partial charge on any atom is 0.192 e. The van der Waals surface area contributed by atoms with Crippen molar-refractivity contribution < 1.29 is 14.6 Å². The highest BCUT2D eigenvalue weighted by atomic mass is 16.5. The molecule has 1 unspecified atom stereocenters. The molecule has 0 aliphatic rings. The smallest absolute Gasteiger partial charge is 0.192 e. The first kappa shape index (κ1) is 14.7. The van der Waals surface area contributed by atoms with E-state index >= 15 is 0 Å². The maximum absolute atomic E-state index is 11.9. The van der Waals surface area contributed by atoms with Crippen LogP contribution in [0.2, 0.25) is 0 Å². The first-order valence-corrected chi connectivity index (χ1v) is 5.92. The van der Waals surface area contributed by atoms with Crippen LogP contribution in [0.3, 0.4) is 0 Å². The molecule has 0 radical (unpaired) electrons. The van der Waals surface area contributed by atoms with Gasteiger partial charge in [-0.05, 0) is 23.6 Å². The molecule has 0 aliphatic heterocycles.